The van der Waals surface area contributed by atoms with Gasteiger partial charge in [0, 0.05) is 5.54 Å². The molecule has 1 N–H and O–H groups in total. The molecule has 108 valence electrons. The van der Waals surface area contributed by atoms with E-state index < -0.39 is 0 Å². The van der Waals surface area contributed by atoms with Crippen molar-refractivity contribution in [1.29, 1.82) is 0 Å². The van der Waals surface area contributed by atoms with Crippen LogP contribution in [0.4, 0.5) is 0 Å². The van der Waals surface area contributed by atoms with E-state index in [1.165, 1.54) is 19.3 Å². The number of hydrogen-bond donors (Lipinski definition) is 1. The summed E-state index contributed by atoms with van der Waals surface area (Å²) in [5.74, 6) is 0.763. The van der Waals surface area contributed by atoms with Crippen molar-refractivity contribution in [3.63, 3.8) is 0 Å². The van der Waals surface area contributed by atoms with Crippen LogP contribution in [0.3, 0.4) is 0 Å². The zero-order valence-corrected chi connectivity index (χ0v) is 12.2. The zero-order valence-electron chi connectivity index (χ0n) is 12.2. The van der Waals surface area contributed by atoms with E-state index >= 15 is 0 Å². The fraction of sp³-hybridized carbons (Fsp3) is 0.588. The topological polar surface area (TPSA) is 38.3 Å². The van der Waals surface area contributed by atoms with Gasteiger partial charge in [-0.15, -0.1) is 0 Å². The molecule has 3 heteroatoms. The van der Waals surface area contributed by atoms with Crippen molar-refractivity contribution < 1.29 is 9.53 Å². The van der Waals surface area contributed by atoms with Gasteiger partial charge in [0.2, 0.25) is 0 Å². The van der Waals surface area contributed by atoms with Gasteiger partial charge >= 0.3 is 0 Å². The maximum absolute atomic E-state index is 12.1. The molecule has 1 aromatic rings. The predicted octanol–water partition coefficient (Wildman–Crippen LogP) is 3.29. The zero-order chi connectivity index (χ0) is 14.1. The van der Waals surface area contributed by atoms with Gasteiger partial charge in [-0.05, 0) is 56.1 Å². The van der Waals surface area contributed by atoms with Crippen LogP contribution in [0, 0.1) is 5.41 Å². The summed E-state index contributed by atoms with van der Waals surface area (Å²) in [7, 11) is 0. The van der Waals surface area contributed by atoms with Gasteiger partial charge in [0.25, 0.3) is 5.91 Å². The van der Waals surface area contributed by atoms with Crippen molar-refractivity contribution >= 4 is 5.91 Å². The van der Waals surface area contributed by atoms with Crippen LogP contribution in [0.2, 0.25) is 0 Å². The smallest absolute Gasteiger partial charge is 0.258 e. The van der Waals surface area contributed by atoms with E-state index in [0.29, 0.717) is 5.41 Å². The SMILES string of the molecule is CC12CCC(NC(=O)COc3ccccc3)(CC1)CC2. The van der Waals surface area contributed by atoms with Crippen LogP contribution in [0.5, 0.6) is 5.75 Å². The van der Waals surface area contributed by atoms with Crippen molar-refractivity contribution in [2.75, 3.05) is 6.61 Å². The summed E-state index contributed by atoms with van der Waals surface area (Å²) >= 11 is 0. The predicted molar refractivity (Wildman–Crippen MR) is 78.6 cm³/mol. The van der Waals surface area contributed by atoms with Gasteiger partial charge in [-0.1, -0.05) is 25.1 Å². The van der Waals surface area contributed by atoms with Crippen LogP contribution in [0.25, 0.3) is 0 Å². The van der Waals surface area contributed by atoms with E-state index in [2.05, 4.69) is 12.2 Å². The molecule has 3 nitrogen and oxygen atoms in total. The third kappa shape index (κ3) is 2.82. The molecule has 0 saturated heterocycles. The minimum absolute atomic E-state index is 0.0133. The van der Waals surface area contributed by atoms with E-state index in [9.17, 15) is 4.79 Å². The first-order chi connectivity index (χ1) is 9.59. The summed E-state index contributed by atoms with van der Waals surface area (Å²) < 4.78 is 5.52. The van der Waals surface area contributed by atoms with Gasteiger partial charge in [0.1, 0.15) is 5.75 Å². The van der Waals surface area contributed by atoms with Crippen LogP contribution in [0.1, 0.15) is 45.4 Å². The molecule has 3 aliphatic carbocycles. The van der Waals surface area contributed by atoms with Crippen LogP contribution in [-0.2, 0) is 4.79 Å². The molecule has 0 unspecified atom stereocenters. The van der Waals surface area contributed by atoms with Crippen LogP contribution in [0.15, 0.2) is 30.3 Å². The molecular formula is C17H23NO2. The number of benzene rings is 1. The van der Waals surface area contributed by atoms with Gasteiger partial charge in [0.15, 0.2) is 6.61 Å². The van der Waals surface area contributed by atoms with Crippen molar-refractivity contribution in [3.05, 3.63) is 30.3 Å². The second-order valence-electron chi connectivity index (χ2n) is 6.74. The lowest BCUT2D eigenvalue weighted by Gasteiger charge is -2.52. The Balaban J connectivity index is 1.52. The highest BCUT2D eigenvalue weighted by atomic mass is 16.5. The Kier molecular flexibility index (Phi) is 3.45. The standard InChI is InChI=1S/C17H23NO2/c1-16-7-10-17(11-8-16,12-9-16)18-15(19)13-20-14-5-3-2-4-6-14/h2-6H,7-13H2,1H3,(H,18,19). The quantitative estimate of drug-likeness (QED) is 0.914. The largest absolute Gasteiger partial charge is 0.484 e. The summed E-state index contributed by atoms with van der Waals surface area (Å²) in [5, 5.41) is 3.24. The van der Waals surface area contributed by atoms with Gasteiger partial charge in [-0.25, -0.2) is 0 Å². The Morgan fingerprint density at radius 3 is 2.30 bits per heavy atom. The number of hydrogen-bond acceptors (Lipinski definition) is 2. The number of fused-ring (bicyclic) bond motifs is 3. The molecule has 0 aliphatic heterocycles. The highest BCUT2D eigenvalue weighted by Crippen LogP contribution is 2.51. The van der Waals surface area contributed by atoms with Crippen LogP contribution >= 0.6 is 0 Å². The molecule has 3 saturated carbocycles. The summed E-state index contributed by atoms with van der Waals surface area (Å²) in [5.41, 5.74) is 0.585. The van der Waals surface area contributed by atoms with Crippen LogP contribution < -0.4 is 10.1 Å². The lowest BCUT2D eigenvalue weighted by atomic mass is 9.58. The third-order valence-electron chi connectivity index (χ3n) is 5.14. The second kappa shape index (κ2) is 5.12. The number of rotatable bonds is 4. The fourth-order valence-electron chi connectivity index (χ4n) is 3.56. The lowest BCUT2D eigenvalue weighted by Crippen LogP contribution is -2.56. The monoisotopic (exact) mass is 273 g/mol. The number of ether oxygens (including phenoxy) is 1. The molecule has 1 amide bonds. The van der Waals surface area contributed by atoms with Crippen molar-refractivity contribution in [3.8, 4) is 5.75 Å². The van der Waals surface area contributed by atoms with Gasteiger partial charge in [-0.2, -0.15) is 0 Å². The molecule has 1 aromatic carbocycles. The van der Waals surface area contributed by atoms with E-state index in [1.807, 2.05) is 30.3 Å². The average Bonchev–Trinajstić information content (AvgIpc) is 2.48. The molecular weight excluding hydrogens is 250 g/mol. The highest BCUT2D eigenvalue weighted by Gasteiger charge is 2.46. The molecule has 0 spiro atoms. The first-order valence-corrected chi connectivity index (χ1v) is 7.58. The third-order valence-corrected chi connectivity index (χ3v) is 5.14. The first-order valence-electron chi connectivity index (χ1n) is 7.58. The Labute approximate surface area is 120 Å². The van der Waals surface area contributed by atoms with Crippen LogP contribution in [-0.4, -0.2) is 18.1 Å². The van der Waals surface area contributed by atoms with Crippen molar-refractivity contribution in [1.82, 2.24) is 5.32 Å². The molecule has 0 heterocycles. The second-order valence-corrected chi connectivity index (χ2v) is 6.74. The van der Waals surface area contributed by atoms with Gasteiger partial charge < -0.3 is 10.1 Å². The summed E-state index contributed by atoms with van der Waals surface area (Å²) in [6.45, 7) is 2.50. The number of nitrogens with one attached hydrogen (secondary N) is 1. The van der Waals surface area contributed by atoms with E-state index in [4.69, 9.17) is 4.74 Å². The summed E-state index contributed by atoms with van der Waals surface area (Å²) in [4.78, 5) is 12.1. The summed E-state index contributed by atoms with van der Waals surface area (Å²) in [6.07, 6.45) is 7.11. The molecule has 0 radical (unpaired) electrons. The normalized spacial score (nSPS) is 31.9. The molecule has 4 rings (SSSR count). The average molecular weight is 273 g/mol. The molecule has 0 aromatic heterocycles. The highest BCUT2D eigenvalue weighted by molar-refractivity contribution is 5.78. The first kappa shape index (κ1) is 13.5. The number of amides is 1. The molecule has 3 fully saturated rings. The Hall–Kier alpha value is -1.51. The minimum atomic E-state index is 0.0133. The van der Waals surface area contributed by atoms with Gasteiger partial charge in [0.05, 0.1) is 0 Å². The van der Waals surface area contributed by atoms with Gasteiger partial charge in [-0.3, -0.25) is 4.79 Å². The molecule has 2 bridgehead atoms. The number of para-hydroxylation sites is 1. The van der Waals surface area contributed by atoms with Crippen molar-refractivity contribution in [2.45, 2.75) is 51.0 Å². The Bertz CT molecular complexity index is 458. The number of carbonyl (C=O) groups is 1. The Morgan fingerprint density at radius 2 is 1.70 bits per heavy atom. The molecule has 20 heavy (non-hydrogen) atoms. The van der Waals surface area contributed by atoms with E-state index in [-0.39, 0.29) is 18.1 Å². The Morgan fingerprint density at radius 1 is 1.10 bits per heavy atom. The number of carbonyl (C=O) groups excluding carboxylic acids is 1. The summed E-state index contributed by atoms with van der Waals surface area (Å²) in [6, 6.07) is 9.51. The maximum atomic E-state index is 12.1. The molecule has 0 atom stereocenters. The fourth-order valence-corrected chi connectivity index (χ4v) is 3.56. The lowest BCUT2D eigenvalue weighted by molar-refractivity contribution is -0.127. The van der Waals surface area contributed by atoms with Crippen molar-refractivity contribution in [2.24, 2.45) is 5.41 Å². The minimum Gasteiger partial charge on any atom is -0.484 e. The maximum Gasteiger partial charge on any atom is 0.258 e. The van der Waals surface area contributed by atoms with E-state index in [0.717, 1.165) is 25.0 Å². The van der Waals surface area contributed by atoms with E-state index in [1.54, 1.807) is 0 Å². The molecule has 3 aliphatic rings.